The lowest BCUT2D eigenvalue weighted by Gasteiger charge is -2.09. The van der Waals surface area contributed by atoms with Crippen molar-refractivity contribution in [1.82, 2.24) is 9.55 Å². The van der Waals surface area contributed by atoms with Gasteiger partial charge in [-0.1, -0.05) is 0 Å². The predicted octanol–water partition coefficient (Wildman–Crippen LogP) is 3.91. The van der Waals surface area contributed by atoms with Gasteiger partial charge in [0.15, 0.2) is 5.13 Å². The highest BCUT2D eigenvalue weighted by Crippen LogP contribution is 2.28. The number of alkyl halides is 3. The first-order valence-electron chi connectivity index (χ1n) is 7.62. The first-order chi connectivity index (χ1) is 13.1. The summed E-state index contributed by atoms with van der Waals surface area (Å²) < 4.78 is 65.9. The molecule has 2 aromatic heterocycles. The number of hydrogen-bond acceptors (Lipinski definition) is 4. The van der Waals surface area contributed by atoms with E-state index in [1.807, 2.05) is 0 Å². The van der Waals surface area contributed by atoms with Crippen molar-refractivity contribution in [2.45, 2.75) is 12.7 Å². The molecule has 11 heteroatoms. The molecule has 0 aliphatic carbocycles. The van der Waals surface area contributed by atoms with Gasteiger partial charge in [-0.2, -0.15) is 13.2 Å². The molecule has 0 spiro atoms. The fourth-order valence-corrected chi connectivity index (χ4v) is 3.07. The van der Waals surface area contributed by atoms with E-state index >= 15 is 0 Å². The van der Waals surface area contributed by atoms with Gasteiger partial charge in [-0.3, -0.25) is 9.59 Å². The summed E-state index contributed by atoms with van der Waals surface area (Å²) in [5, 5.41) is 3.71. The van der Waals surface area contributed by atoms with Crippen molar-refractivity contribution in [3.8, 4) is 11.3 Å². The minimum atomic E-state index is -4.84. The Labute approximate surface area is 158 Å². The van der Waals surface area contributed by atoms with Crippen LogP contribution < -0.4 is 10.9 Å². The molecule has 1 N–H and O–H groups in total. The summed E-state index contributed by atoms with van der Waals surface area (Å²) in [6, 6.07) is 4.45. The van der Waals surface area contributed by atoms with Gasteiger partial charge < -0.3 is 9.88 Å². The Bertz CT molecular complexity index is 1090. The van der Waals surface area contributed by atoms with Crippen LogP contribution in [-0.2, 0) is 17.5 Å². The molecule has 0 atom stereocenters. The Morgan fingerprint density at radius 1 is 1.21 bits per heavy atom. The minimum absolute atomic E-state index is 0.0173. The Kier molecular flexibility index (Phi) is 5.27. The molecule has 3 rings (SSSR count). The Balaban J connectivity index is 1.76. The van der Waals surface area contributed by atoms with Crippen LogP contribution in [0.25, 0.3) is 11.3 Å². The molecule has 0 aliphatic rings. The van der Waals surface area contributed by atoms with E-state index in [4.69, 9.17) is 0 Å². The molecular formula is C17H10F5N3O2S. The van der Waals surface area contributed by atoms with Crippen molar-refractivity contribution in [3.63, 3.8) is 0 Å². The maximum absolute atomic E-state index is 13.8. The van der Waals surface area contributed by atoms with Crippen molar-refractivity contribution in [2.75, 3.05) is 5.32 Å². The van der Waals surface area contributed by atoms with Gasteiger partial charge in [0.2, 0.25) is 5.91 Å². The largest absolute Gasteiger partial charge is 0.421 e. The van der Waals surface area contributed by atoms with Gasteiger partial charge in [0.05, 0.1) is 5.69 Å². The van der Waals surface area contributed by atoms with Gasteiger partial charge in [-0.15, -0.1) is 11.3 Å². The predicted molar refractivity (Wildman–Crippen MR) is 91.8 cm³/mol. The highest BCUT2D eigenvalue weighted by Gasteiger charge is 2.34. The molecule has 3 aromatic rings. The van der Waals surface area contributed by atoms with Crippen molar-refractivity contribution >= 4 is 22.4 Å². The highest BCUT2D eigenvalue weighted by atomic mass is 32.1. The van der Waals surface area contributed by atoms with Gasteiger partial charge >= 0.3 is 6.18 Å². The van der Waals surface area contributed by atoms with E-state index < -0.39 is 41.4 Å². The lowest BCUT2D eigenvalue weighted by Crippen LogP contribution is -2.31. The molecule has 146 valence electrons. The van der Waals surface area contributed by atoms with Crippen LogP contribution in [0.15, 0.2) is 46.7 Å². The summed E-state index contributed by atoms with van der Waals surface area (Å²) in [6.45, 7) is -0.675. The third-order valence-corrected chi connectivity index (χ3v) is 4.35. The lowest BCUT2D eigenvalue weighted by molar-refractivity contribution is -0.139. The average Bonchev–Trinajstić information content (AvgIpc) is 3.06. The minimum Gasteiger partial charge on any atom is -0.306 e. The van der Waals surface area contributed by atoms with Crippen molar-refractivity contribution in [1.29, 1.82) is 0 Å². The van der Waals surface area contributed by atoms with E-state index in [1.54, 1.807) is 0 Å². The molecule has 28 heavy (non-hydrogen) atoms. The topological polar surface area (TPSA) is 64.0 Å². The summed E-state index contributed by atoms with van der Waals surface area (Å²) in [5.41, 5.74) is -2.77. The third-order valence-electron chi connectivity index (χ3n) is 3.59. The second-order valence-electron chi connectivity index (χ2n) is 5.56. The number of anilines is 1. The van der Waals surface area contributed by atoms with E-state index in [1.165, 1.54) is 5.38 Å². The van der Waals surface area contributed by atoms with E-state index in [9.17, 15) is 31.5 Å². The molecular weight excluding hydrogens is 405 g/mol. The van der Waals surface area contributed by atoms with Gasteiger partial charge in [0.25, 0.3) is 5.56 Å². The maximum Gasteiger partial charge on any atom is 0.421 e. The standard InChI is InChI=1S/C17H10F5N3O2S/c18-9-3-4-12(19)10(6-9)13-8-28-16(23-13)24-14(26)7-25-5-1-2-11(15(25)27)17(20,21)22/h1-6,8H,7H2,(H,23,24,26). The first-order valence-corrected chi connectivity index (χ1v) is 8.50. The zero-order valence-electron chi connectivity index (χ0n) is 13.8. The molecule has 0 saturated carbocycles. The van der Waals surface area contributed by atoms with Gasteiger partial charge in [-0.25, -0.2) is 13.8 Å². The number of nitrogens with zero attached hydrogens (tertiary/aromatic N) is 2. The van der Waals surface area contributed by atoms with Crippen molar-refractivity contribution < 1.29 is 26.7 Å². The molecule has 0 bridgehead atoms. The van der Waals surface area contributed by atoms with E-state index in [0.717, 1.165) is 41.8 Å². The number of amides is 1. The number of aromatic nitrogens is 2. The van der Waals surface area contributed by atoms with Crippen molar-refractivity contribution in [3.05, 3.63) is 69.5 Å². The zero-order valence-corrected chi connectivity index (χ0v) is 14.6. The van der Waals surface area contributed by atoms with Gasteiger partial charge in [-0.05, 0) is 30.3 Å². The number of nitrogens with one attached hydrogen (secondary N) is 1. The molecule has 0 unspecified atom stereocenters. The van der Waals surface area contributed by atoms with Crippen LogP contribution in [0.1, 0.15) is 5.56 Å². The Hall–Kier alpha value is -3.08. The summed E-state index contributed by atoms with van der Waals surface area (Å²) >= 11 is 0.910. The molecule has 0 saturated heterocycles. The van der Waals surface area contributed by atoms with Crippen LogP contribution in [0.5, 0.6) is 0 Å². The number of carbonyl (C=O) groups excluding carboxylic acids is 1. The summed E-state index contributed by atoms with van der Waals surface area (Å²) in [4.78, 5) is 27.8. The first kappa shape index (κ1) is 19.7. The lowest BCUT2D eigenvalue weighted by atomic mass is 10.1. The molecule has 5 nitrogen and oxygen atoms in total. The molecule has 0 aliphatic heterocycles. The Morgan fingerprint density at radius 2 is 1.96 bits per heavy atom. The fraction of sp³-hybridized carbons (Fsp3) is 0.118. The van der Waals surface area contributed by atoms with Crippen LogP contribution in [-0.4, -0.2) is 15.5 Å². The quantitative estimate of drug-likeness (QED) is 0.658. The second-order valence-corrected chi connectivity index (χ2v) is 6.42. The normalized spacial score (nSPS) is 11.5. The van der Waals surface area contributed by atoms with Gasteiger partial charge in [0.1, 0.15) is 23.7 Å². The van der Waals surface area contributed by atoms with Crippen LogP contribution in [0, 0.1) is 11.6 Å². The Morgan fingerprint density at radius 3 is 2.68 bits per heavy atom. The molecule has 1 aromatic carbocycles. The fourth-order valence-electron chi connectivity index (χ4n) is 2.34. The molecule has 1 amide bonds. The summed E-state index contributed by atoms with van der Waals surface area (Å²) in [5.74, 6) is -2.18. The van der Waals surface area contributed by atoms with E-state index in [-0.39, 0.29) is 16.4 Å². The number of benzene rings is 1. The van der Waals surface area contributed by atoms with Gasteiger partial charge in [0, 0.05) is 17.1 Å². The van der Waals surface area contributed by atoms with E-state index in [2.05, 4.69) is 10.3 Å². The zero-order chi connectivity index (χ0) is 20.5. The SMILES string of the molecule is O=C(Cn1cccc(C(F)(F)F)c1=O)Nc1nc(-c2cc(F)ccc2F)cs1. The van der Waals surface area contributed by atoms with Crippen LogP contribution >= 0.6 is 11.3 Å². The maximum atomic E-state index is 13.8. The number of rotatable bonds is 4. The molecule has 0 radical (unpaired) electrons. The van der Waals surface area contributed by atoms with Crippen LogP contribution in [0.2, 0.25) is 0 Å². The van der Waals surface area contributed by atoms with Crippen LogP contribution in [0.3, 0.4) is 0 Å². The number of hydrogen-bond donors (Lipinski definition) is 1. The summed E-state index contributed by atoms with van der Waals surface area (Å²) in [7, 11) is 0. The summed E-state index contributed by atoms with van der Waals surface area (Å²) in [6.07, 6.45) is -3.79. The molecule has 2 heterocycles. The van der Waals surface area contributed by atoms with Crippen molar-refractivity contribution in [2.24, 2.45) is 0 Å². The number of carbonyl (C=O) groups is 1. The number of pyridine rings is 1. The highest BCUT2D eigenvalue weighted by molar-refractivity contribution is 7.14. The van der Waals surface area contributed by atoms with E-state index in [0.29, 0.717) is 10.6 Å². The van der Waals surface area contributed by atoms with Crippen LogP contribution in [0.4, 0.5) is 27.1 Å². The molecule has 0 fully saturated rings. The number of halogens is 5. The smallest absolute Gasteiger partial charge is 0.306 e. The number of thiazole rings is 1. The third kappa shape index (κ3) is 4.25. The second kappa shape index (κ2) is 7.50. The monoisotopic (exact) mass is 415 g/mol. The average molecular weight is 415 g/mol.